The Morgan fingerprint density at radius 3 is 2.59 bits per heavy atom. The number of hydrogen-bond acceptors (Lipinski definition) is 4. The van der Waals surface area contributed by atoms with Crippen LogP contribution in [-0.4, -0.2) is 40.3 Å². The van der Waals surface area contributed by atoms with Gasteiger partial charge < -0.3 is 16.3 Å². The first-order valence-corrected chi connectivity index (χ1v) is 7.61. The highest BCUT2D eigenvalue weighted by Crippen LogP contribution is 2.22. The largest absolute Gasteiger partial charge is 0.409 e. The van der Waals surface area contributed by atoms with E-state index in [1.54, 1.807) is 6.26 Å². The van der Waals surface area contributed by atoms with E-state index in [1.807, 2.05) is 13.8 Å². The topological polar surface area (TPSA) is 87.7 Å². The zero-order chi connectivity index (χ0) is 13.3. The smallest absolute Gasteiger partial charge is 0.144 e. The Morgan fingerprint density at radius 2 is 2.06 bits per heavy atom. The van der Waals surface area contributed by atoms with E-state index in [9.17, 15) is 4.21 Å². The van der Waals surface area contributed by atoms with Crippen LogP contribution < -0.4 is 11.1 Å². The third kappa shape index (κ3) is 8.15. The number of nitrogens with two attached hydrogens (primary N) is 1. The summed E-state index contributed by atoms with van der Waals surface area (Å²) in [5.41, 5.74) is 5.35. The van der Waals surface area contributed by atoms with E-state index in [0.717, 1.165) is 32.4 Å². The van der Waals surface area contributed by atoms with Gasteiger partial charge in [-0.05, 0) is 19.4 Å². The van der Waals surface area contributed by atoms with Crippen LogP contribution in [-0.2, 0) is 10.8 Å². The first-order valence-electron chi connectivity index (χ1n) is 5.89. The standard InChI is InChI=1S/C11H25N3O2S/c1-11(2,10(12)14-15)6-4-5-7-13-8-9-17(3)16/h13,15H,4-9H2,1-3H3,(H2,12,14). The van der Waals surface area contributed by atoms with Crippen molar-refractivity contribution >= 4 is 16.6 Å². The highest BCUT2D eigenvalue weighted by atomic mass is 32.2. The molecule has 17 heavy (non-hydrogen) atoms. The normalized spacial score (nSPS) is 14.9. The van der Waals surface area contributed by atoms with Crippen LogP contribution in [0.5, 0.6) is 0 Å². The molecular weight excluding hydrogens is 238 g/mol. The summed E-state index contributed by atoms with van der Waals surface area (Å²) < 4.78 is 10.8. The van der Waals surface area contributed by atoms with E-state index in [0.29, 0.717) is 5.75 Å². The Balaban J connectivity index is 3.55. The van der Waals surface area contributed by atoms with Gasteiger partial charge in [0.05, 0.1) is 0 Å². The number of rotatable bonds is 9. The molecule has 0 heterocycles. The molecule has 0 aromatic heterocycles. The van der Waals surface area contributed by atoms with Gasteiger partial charge in [-0.3, -0.25) is 4.21 Å². The van der Waals surface area contributed by atoms with E-state index >= 15 is 0 Å². The molecule has 1 unspecified atom stereocenters. The van der Waals surface area contributed by atoms with Crippen LogP contribution in [0.15, 0.2) is 5.16 Å². The third-order valence-electron chi connectivity index (χ3n) is 2.77. The molecule has 0 bridgehead atoms. The summed E-state index contributed by atoms with van der Waals surface area (Å²) >= 11 is 0. The Hall–Kier alpha value is -0.620. The van der Waals surface area contributed by atoms with E-state index in [-0.39, 0.29) is 11.3 Å². The Labute approximate surface area is 106 Å². The lowest BCUT2D eigenvalue weighted by Gasteiger charge is -2.22. The average Bonchev–Trinajstić information content (AvgIpc) is 2.26. The molecule has 4 N–H and O–H groups in total. The van der Waals surface area contributed by atoms with Gasteiger partial charge in [-0.15, -0.1) is 0 Å². The van der Waals surface area contributed by atoms with E-state index < -0.39 is 10.8 Å². The molecule has 0 aliphatic heterocycles. The van der Waals surface area contributed by atoms with Crippen molar-refractivity contribution in [3.05, 3.63) is 0 Å². The molecule has 0 spiro atoms. The first-order chi connectivity index (χ1) is 7.90. The molecule has 0 aliphatic rings. The quantitative estimate of drug-likeness (QED) is 0.190. The van der Waals surface area contributed by atoms with Gasteiger partial charge in [0.15, 0.2) is 0 Å². The second-order valence-corrected chi connectivity index (χ2v) is 6.41. The van der Waals surface area contributed by atoms with Crippen LogP contribution in [0.4, 0.5) is 0 Å². The molecule has 0 aromatic carbocycles. The number of amidine groups is 1. The maximum absolute atomic E-state index is 10.8. The zero-order valence-corrected chi connectivity index (χ0v) is 11.8. The summed E-state index contributed by atoms with van der Waals surface area (Å²) in [4.78, 5) is 0. The van der Waals surface area contributed by atoms with Crippen molar-refractivity contribution in [2.24, 2.45) is 16.3 Å². The molecule has 0 rings (SSSR count). The lowest BCUT2D eigenvalue weighted by atomic mass is 9.86. The number of nitrogens with one attached hydrogen (secondary N) is 1. The maximum atomic E-state index is 10.8. The van der Waals surface area contributed by atoms with Crippen molar-refractivity contribution < 1.29 is 9.42 Å². The summed E-state index contributed by atoms with van der Waals surface area (Å²) in [6, 6.07) is 0. The third-order valence-corrected chi connectivity index (χ3v) is 3.55. The van der Waals surface area contributed by atoms with Gasteiger partial charge in [-0.25, -0.2) is 0 Å². The van der Waals surface area contributed by atoms with E-state index in [4.69, 9.17) is 10.9 Å². The molecule has 0 aromatic rings. The lowest BCUT2D eigenvalue weighted by molar-refractivity contribution is 0.304. The fourth-order valence-electron chi connectivity index (χ4n) is 1.42. The highest BCUT2D eigenvalue weighted by Gasteiger charge is 2.22. The summed E-state index contributed by atoms with van der Waals surface area (Å²) in [6.07, 6.45) is 4.66. The van der Waals surface area contributed by atoms with Gasteiger partial charge in [-0.2, -0.15) is 0 Å². The second kappa shape index (κ2) is 8.47. The van der Waals surface area contributed by atoms with Crippen molar-refractivity contribution in [2.75, 3.05) is 25.1 Å². The van der Waals surface area contributed by atoms with Gasteiger partial charge in [-0.1, -0.05) is 25.4 Å². The number of hydrogen-bond donors (Lipinski definition) is 3. The Kier molecular flexibility index (Phi) is 8.16. The predicted molar refractivity (Wildman–Crippen MR) is 72.8 cm³/mol. The molecule has 102 valence electrons. The van der Waals surface area contributed by atoms with Crippen LogP contribution in [0.25, 0.3) is 0 Å². The molecule has 6 heteroatoms. The molecule has 5 nitrogen and oxygen atoms in total. The molecule has 0 saturated carbocycles. The van der Waals surface area contributed by atoms with Crippen LogP contribution in [0.3, 0.4) is 0 Å². The van der Waals surface area contributed by atoms with Crippen molar-refractivity contribution in [1.29, 1.82) is 0 Å². The molecular formula is C11H25N3O2S. The highest BCUT2D eigenvalue weighted by molar-refractivity contribution is 7.84. The van der Waals surface area contributed by atoms with Crippen molar-refractivity contribution in [3.63, 3.8) is 0 Å². The van der Waals surface area contributed by atoms with Gasteiger partial charge in [0, 0.05) is 34.8 Å². The van der Waals surface area contributed by atoms with Crippen LogP contribution in [0, 0.1) is 5.41 Å². The number of unbranched alkanes of at least 4 members (excludes halogenated alkanes) is 1. The fraction of sp³-hybridized carbons (Fsp3) is 0.909. The van der Waals surface area contributed by atoms with Crippen LogP contribution in [0.1, 0.15) is 33.1 Å². The Bertz CT molecular complexity index is 267. The van der Waals surface area contributed by atoms with Crippen molar-refractivity contribution in [1.82, 2.24) is 5.32 Å². The number of nitrogens with zero attached hydrogens (tertiary/aromatic N) is 1. The van der Waals surface area contributed by atoms with Gasteiger partial charge in [0.1, 0.15) is 5.84 Å². The predicted octanol–water partition coefficient (Wildman–Crippen LogP) is 0.897. The van der Waals surface area contributed by atoms with Crippen molar-refractivity contribution in [3.8, 4) is 0 Å². The monoisotopic (exact) mass is 263 g/mol. The molecule has 0 radical (unpaired) electrons. The summed E-state index contributed by atoms with van der Waals surface area (Å²) in [5.74, 6) is 0.988. The minimum atomic E-state index is -0.717. The number of oxime groups is 1. The molecule has 0 amide bonds. The van der Waals surface area contributed by atoms with Gasteiger partial charge >= 0.3 is 0 Å². The van der Waals surface area contributed by atoms with E-state index in [1.165, 1.54) is 0 Å². The Morgan fingerprint density at radius 1 is 1.41 bits per heavy atom. The average molecular weight is 263 g/mol. The molecule has 0 fully saturated rings. The second-order valence-electron chi connectivity index (χ2n) is 4.85. The summed E-state index contributed by atoms with van der Waals surface area (Å²) in [5, 5.41) is 14.9. The van der Waals surface area contributed by atoms with Crippen molar-refractivity contribution in [2.45, 2.75) is 33.1 Å². The lowest BCUT2D eigenvalue weighted by Crippen LogP contribution is -2.32. The summed E-state index contributed by atoms with van der Waals surface area (Å²) in [7, 11) is -0.717. The summed E-state index contributed by atoms with van der Waals surface area (Å²) in [6.45, 7) is 5.65. The van der Waals surface area contributed by atoms with Gasteiger partial charge in [0.2, 0.25) is 0 Å². The molecule has 0 aliphatic carbocycles. The van der Waals surface area contributed by atoms with Gasteiger partial charge in [0.25, 0.3) is 0 Å². The zero-order valence-electron chi connectivity index (χ0n) is 11.0. The SMILES string of the molecule is CS(=O)CCNCCCCC(C)(C)C(N)=NO. The minimum absolute atomic E-state index is 0.250. The fourth-order valence-corrected chi connectivity index (χ4v) is 1.85. The first kappa shape index (κ1) is 16.4. The maximum Gasteiger partial charge on any atom is 0.144 e. The van der Waals surface area contributed by atoms with Crippen LogP contribution in [0.2, 0.25) is 0 Å². The van der Waals surface area contributed by atoms with Crippen LogP contribution >= 0.6 is 0 Å². The minimum Gasteiger partial charge on any atom is -0.409 e. The molecule has 0 saturated heterocycles. The molecule has 1 atom stereocenters. The van der Waals surface area contributed by atoms with E-state index in [2.05, 4.69) is 10.5 Å².